The third-order valence-corrected chi connectivity index (χ3v) is 3.20. The van der Waals surface area contributed by atoms with Gasteiger partial charge in [0.1, 0.15) is 0 Å². The van der Waals surface area contributed by atoms with Crippen LogP contribution in [0.4, 0.5) is 0 Å². The van der Waals surface area contributed by atoms with Crippen molar-refractivity contribution in [2.24, 2.45) is 11.8 Å². The summed E-state index contributed by atoms with van der Waals surface area (Å²) in [6.45, 7) is 17.5. The van der Waals surface area contributed by atoms with E-state index >= 15 is 0 Å². The monoisotopic (exact) mass is 256 g/mol. The number of unbranched alkanes of at least 4 members (excludes halogenated alkanes) is 3. The van der Waals surface area contributed by atoms with E-state index in [4.69, 9.17) is 0 Å². The molecule has 1 N–H and O–H groups in total. The van der Waals surface area contributed by atoms with E-state index in [1.54, 1.807) is 0 Å². The van der Waals surface area contributed by atoms with Crippen molar-refractivity contribution in [3.63, 3.8) is 0 Å². The first-order chi connectivity index (χ1) is 8.56. The summed E-state index contributed by atoms with van der Waals surface area (Å²) in [4.78, 5) is 2.58. The van der Waals surface area contributed by atoms with Crippen LogP contribution in [0.25, 0.3) is 0 Å². The van der Waals surface area contributed by atoms with Gasteiger partial charge >= 0.3 is 0 Å². The molecule has 0 amide bonds. The summed E-state index contributed by atoms with van der Waals surface area (Å²) >= 11 is 0. The Hall–Kier alpha value is -0.0800. The van der Waals surface area contributed by atoms with Gasteiger partial charge in [-0.05, 0) is 50.9 Å². The summed E-state index contributed by atoms with van der Waals surface area (Å²) in [5.74, 6) is 1.57. The van der Waals surface area contributed by atoms with Crippen LogP contribution >= 0.6 is 0 Å². The van der Waals surface area contributed by atoms with Crippen molar-refractivity contribution in [3.05, 3.63) is 0 Å². The van der Waals surface area contributed by atoms with Crippen LogP contribution in [0.1, 0.15) is 60.3 Å². The van der Waals surface area contributed by atoms with E-state index in [0.717, 1.165) is 18.4 Å². The van der Waals surface area contributed by atoms with Crippen LogP contribution in [0, 0.1) is 11.8 Å². The molecule has 2 heteroatoms. The SMILES string of the molecule is CCN(CCCCCCNCC(C)C)CC(C)C. The Morgan fingerprint density at radius 2 is 1.56 bits per heavy atom. The molecular formula is C16H36N2. The van der Waals surface area contributed by atoms with E-state index in [0.29, 0.717) is 0 Å². The summed E-state index contributed by atoms with van der Waals surface area (Å²) in [5.41, 5.74) is 0. The molecule has 0 aromatic rings. The zero-order valence-corrected chi connectivity index (χ0v) is 13.5. The first-order valence-electron chi connectivity index (χ1n) is 7.99. The Bertz CT molecular complexity index is 166. The maximum atomic E-state index is 3.51. The van der Waals surface area contributed by atoms with Crippen molar-refractivity contribution in [3.8, 4) is 0 Å². The van der Waals surface area contributed by atoms with Crippen molar-refractivity contribution in [2.45, 2.75) is 60.3 Å². The number of nitrogens with one attached hydrogen (secondary N) is 1. The van der Waals surface area contributed by atoms with Gasteiger partial charge in [0, 0.05) is 6.54 Å². The van der Waals surface area contributed by atoms with Crippen LogP contribution in [0.3, 0.4) is 0 Å². The molecule has 0 aromatic heterocycles. The second kappa shape index (κ2) is 12.0. The highest BCUT2D eigenvalue weighted by Gasteiger charge is 2.04. The van der Waals surface area contributed by atoms with E-state index in [-0.39, 0.29) is 0 Å². The van der Waals surface area contributed by atoms with Crippen molar-refractivity contribution in [1.82, 2.24) is 10.2 Å². The predicted molar refractivity (Wildman–Crippen MR) is 83.1 cm³/mol. The molecule has 18 heavy (non-hydrogen) atoms. The number of nitrogens with zero attached hydrogens (tertiary/aromatic N) is 1. The van der Waals surface area contributed by atoms with Gasteiger partial charge in [0.15, 0.2) is 0 Å². The molecule has 0 bridgehead atoms. The molecule has 0 rings (SSSR count). The number of hydrogen-bond donors (Lipinski definition) is 1. The molecule has 0 aliphatic carbocycles. The molecule has 0 fully saturated rings. The van der Waals surface area contributed by atoms with Crippen LogP contribution in [0.15, 0.2) is 0 Å². The summed E-state index contributed by atoms with van der Waals surface area (Å²) in [7, 11) is 0. The van der Waals surface area contributed by atoms with E-state index in [9.17, 15) is 0 Å². The number of rotatable bonds is 12. The quantitative estimate of drug-likeness (QED) is 0.535. The Balaban J connectivity index is 3.28. The summed E-state index contributed by atoms with van der Waals surface area (Å²) in [5, 5.41) is 3.51. The van der Waals surface area contributed by atoms with Gasteiger partial charge < -0.3 is 10.2 Å². The second-order valence-corrected chi connectivity index (χ2v) is 6.30. The van der Waals surface area contributed by atoms with Gasteiger partial charge in [-0.1, -0.05) is 47.5 Å². The minimum absolute atomic E-state index is 0.777. The fourth-order valence-electron chi connectivity index (χ4n) is 2.22. The zero-order chi connectivity index (χ0) is 13.8. The minimum atomic E-state index is 0.777. The van der Waals surface area contributed by atoms with E-state index in [1.165, 1.54) is 51.9 Å². The third-order valence-electron chi connectivity index (χ3n) is 3.20. The lowest BCUT2D eigenvalue weighted by atomic mass is 10.1. The normalized spacial score (nSPS) is 12.0. The largest absolute Gasteiger partial charge is 0.316 e. The van der Waals surface area contributed by atoms with Crippen molar-refractivity contribution in [1.29, 1.82) is 0 Å². The van der Waals surface area contributed by atoms with Crippen molar-refractivity contribution < 1.29 is 0 Å². The van der Waals surface area contributed by atoms with Gasteiger partial charge in [-0.3, -0.25) is 0 Å². The molecule has 0 heterocycles. The maximum Gasteiger partial charge on any atom is 0.000427 e. The highest BCUT2D eigenvalue weighted by Crippen LogP contribution is 2.04. The molecule has 0 atom stereocenters. The smallest absolute Gasteiger partial charge is 0.000427 e. The first kappa shape index (κ1) is 17.9. The molecule has 0 aromatic carbocycles. The Morgan fingerprint density at radius 3 is 2.11 bits per heavy atom. The lowest BCUT2D eigenvalue weighted by Crippen LogP contribution is -2.28. The van der Waals surface area contributed by atoms with Gasteiger partial charge in [0.2, 0.25) is 0 Å². The van der Waals surface area contributed by atoms with Gasteiger partial charge in [0.05, 0.1) is 0 Å². The predicted octanol–water partition coefficient (Wildman–Crippen LogP) is 3.77. The Labute approximate surface area is 116 Å². The van der Waals surface area contributed by atoms with Gasteiger partial charge in [0.25, 0.3) is 0 Å². The van der Waals surface area contributed by atoms with Crippen LogP contribution in [0.5, 0.6) is 0 Å². The van der Waals surface area contributed by atoms with Crippen LogP contribution in [-0.2, 0) is 0 Å². The van der Waals surface area contributed by atoms with Gasteiger partial charge in [-0.25, -0.2) is 0 Å². The van der Waals surface area contributed by atoms with E-state index < -0.39 is 0 Å². The average Bonchev–Trinajstić information content (AvgIpc) is 2.30. The Kier molecular flexibility index (Phi) is 11.9. The van der Waals surface area contributed by atoms with Crippen LogP contribution in [-0.4, -0.2) is 37.6 Å². The second-order valence-electron chi connectivity index (χ2n) is 6.30. The standard InChI is InChI=1S/C16H36N2/c1-6-18(14-16(4)5)12-10-8-7-9-11-17-13-15(2)3/h15-17H,6-14H2,1-5H3. The molecule has 2 nitrogen and oxygen atoms in total. The fourth-order valence-corrected chi connectivity index (χ4v) is 2.22. The fraction of sp³-hybridized carbons (Fsp3) is 1.00. The Morgan fingerprint density at radius 1 is 0.889 bits per heavy atom. The minimum Gasteiger partial charge on any atom is -0.316 e. The first-order valence-corrected chi connectivity index (χ1v) is 7.99. The topological polar surface area (TPSA) is 15.3 Å². The summed E-state index contributed by atoms with van der Waals surface area (Å²) in [6, 6.07) is 0. The lowest BCUT2D eigenvalue weighted by molar-refractivity contribution is 0.250. The number of hydrogen-bond acceptors (Lipinski definition) is 2. The molecular weight excluding hydrogens is 220 g/mol. The van der Waals surface area contributed by atoms with Crippen LogP contribution < -0.4 is 5.32 Å². The molecule has 0 spiro atoms. The average molecular weight is 256 g/mol. The molecule has 110 valence electrons. The third kappa shape index (κ3) is 12.4. The van der Waals surface area contributed by atoms with Crippen molar-refractivity contribution in [2.75, 3.05) is 32.7 Å². The zero-order valence-electron chi connectivity index (χ0n) is 13.5. The van der Waals surface area contributed by atoms with E-state index in [1.807, 2.05) is 0 Å². The summed E-state index contributed by atoms with van der Waals surface area (Å²) < 4.78 is 0. The molecule has 0 unspecified atom stereocenters. The van der Waals surface area contributed by atoms with Gasteiger partial charge in [-0.15, -0.1) is 0 Å². The molecule has 0 aliphatic heterocycles. The molecule has 0 saturated heterocycles. The lowest BCUT2D eigenvalue weighted by Gasteiger charge is -2.22. The maximum absolute atomic E-state index is 3.51. The highest BCUT2D eigenvalue weighted by molar-refractivity contribution is 4.59. The van der Waals surface area contributed by atoms with Gasteiger partial charge in [-0.2, -0.15) is 0 Å². The summed E-state index contributed by atoms with van der Waals surface area (Å²) in [6.07, 6.45) is 5.47. The van der Waals surface area contributed by atoms with E-state index in [2.05, 4.69) is 44.8 Å². The molecule has 0 radical (unpaired) electrons. The van der Waals surface area contributed by atoms with Crippen LogP contribution in [0.2, 0.25) is 0 Å². The highest BCUT2D eigenvalue weighted by atomic mass is 15.1. The molecule has 0 aliphatic rings. The molecule has 0 saturated carbocycles. The van der Waals surface area contributed by atoms with Crippen molar-refractivity contribution >= 4 is 0 Å².